The first-order valence-electron chi connectivity index (χ1n) is 6.38. The van der Waals surface area contributed by atoms with Crippen LogP contribution in [-0.4, -0.2) is 32.3 Å². The van der Waals surface area contributed by atoms with E-state index in [1.807, 2.05) is 6.20 Å². The molecule has 1 heterocycles. The second-order valence-electron chi connectivity index (χ2n) is 6.69. The lowest BCUT2D eigenvalue weighted by molar-refractivity contribution is 0.0339. The highest BCUT2D eigenvalue weighted by molar-refractivity contribution is 4.97. The van der Waals surface area contributed by atoms with E-state index in [9.17, 15) is 0 Å². The minimum absolute atomic E-state index is 0.180. The van der Waals surface area contributed by atoms with Crippen molar-refractivity contribution < 1.29 is 0 Å². The Balaban J connectivity index is 2.73. The summed E-state index contributed by atoms with van der Waals surface area (Å²) in [5.74, 6) is 0. The van der Waals surface area contributed by atoms with Crippen molar-refractivity contribution in [2.24, 2.45) is 0 Å². The molecule has 0 N–H and O–H groups in total. The molecular weight excluding hydrogens is 210 g/mol. The van der Waals surface area contributed by atoms with E-state index < -0.39 is 0 Å². The van der Waals surface area contributed by atoms with Gasteiger partial charge in [-0.05, 0) is 54.5 Å². The Kier molecular flexibility index (Phi) is 4.03. The Morgan fingerprint density at radius 3 is 2.00 bits per heavy atom. The number of nitrogens with zero attached hydrogens (tertiary/aromatic N) is 3. The van der Waals surface area contributed by atoms with Crippen LogP contribution in [0.4, 0.5) is 0 Å². The Morgan fingerprint density at radius 1 is 1.12 bits per heavy atom. The van der Waals surface area contributed by atoms with Crippen molar-refractivity contribution in [2.75, 3.05) is 6.54 Å². The molecule has 3 heteroatoms. The molecule has 0 aromatic carbocycles. The fourth-order valence-electron chi connectivity index (χ4n) is 2.50. The summed E-state index contributed by atoms with van der Waals surface area (Å²) < 4.78 is 2.07. The predicted octanol–water partition coefficient (Wildman–Crippen LogP) is 3.09. The maximum Gasteiger partial charge on any atom is 0.0539 e. The van der Waals surface area contributed by atoms with E-state index in [1.54, 1.807) is 0 Å². The Morgan fingerprint density at radius 2 is 1.65 bits per heavy atom. The third-order valence-corrected chi connectivity index (χ3v) is 3.08. The maximum atomic E-state index is 4.34. The first-order valence-corrected chi connectivity index (χ1v) is 6.38. The average molecular weight is 237 g/mol. The van der Waals surface area contributed by atoms with Crippen molar-refractivity contribution in [1.29, 1.82) is 0 Å². The normalized spacial score (nSPS) is 13.4. The molecule has 1 aromatic rings. The lowest BCUT2D eigenvalue weighted by atomic mass is 9.96. The lowest BCUT2D eigenvalue weighted by Crippen LogP contribution is -2.53. The van der Waals surface area contributed by atoms with Crippen LogP contribution in [0.5, 0.6) is 0 Å². The van der Waals surface area contributed by atoms with Gasteiger partial charge in [-0.15, -0.1) is 0 Å². The Labute approximate surface area is 106 Å². The number of hydrogen-bond donors (Lipinski definition) is 0. The largest absolute Gasteiger partial charge is 0.292 e. The van der Waals surface area contributed by atoms with Crippen LogP contribution in [-0.2, 0) is 6.54 Å². The summed E-state index contributed by atoms with van der Waals surface area (Å²) in [5.41, 5.74) is 1.59. The summed E-state index contributed by atoms with van der Waals surface area (Å²) in [4.78, 5) is 2.53. The molecule has 0 atom stereocenters. The molecule has 3 nitrogen and oxygen atoms in total. The summed E-state index contributed by atoms with van der Waals surface area (Å²) in [6.07, 6.45) is 1.87. The van der Waals surface area contributed by atoms with Gasteiger partial charge in [0.2, 0.25) is 0 Å². The van der Waals surface area contributed by atoms with Crippen molar-refractivity contribution >= 4 is 0 Å². The third kappa shape index (κ3) is 3.84. The van der Waals surface area contributed by atoms with Crippen LogP contribution in [0.3, 0.4) is 0 Å². The van der Waals surface area contributed by atoms with Gasteiger partial charge < -0.3 is 0 Å². The molecule has 0 fully saturated rings. The van der Waals surface area contributed by atoms with Crippen molar-refractivity contribution in [1.82, 2.24) is 14.7 Å². The standard InChI is InChI=1S/C14H27N3/c1-12-8-9-15-16(12)10-11-17(13(2,3)4)14(5,6)7/h8-9H,10-11H2,1-7H3. The first-order chi connectivity index (χ1) is 7.62. The summed E-state index contributed by atoms with van der Waals surface area (Å²) in [5, 5.41) is 4.34. The van der Waals surface area contributed by atoms with Crippen molar-refractivity contribution in [2.45, 2.75) is 66.1 Å². The molecule has 1 aromatic heterocycles. The van der Waals surface area contributed by atoms with E-state index >= 15 is 0 Å². The topological polar surface area (TPSA) is 21.1 Å². The molecule has 0 bridgehead atoms. The van der Waals surface area contributed by atoms with Gasteiger partial charge in [0, 0.05) is 29.5 Å². The van der Waals surface area contributed by atoms with E-state index in [4.69, 9.17) is 0 Å². The molecule has 0 saturated heterocycles. The van der Waals surface area contributed by atoms with E-state index in [2.05, 4.69) is 69.2 Å². The molecular formula is C14H27N3. The molecule has 1 rings (SSSR count). The highest BCUT2D eigenvalue weighted by Gasteiger charge is 2.30. The summed E-state index contributed by atoms with van der Waals surface area (Å²) in [6.45, 7) is 17.7. The zero-order valence-electron chi connectivity index (χ0n) is 12.4. The maximum absolute atomic E-state index is 4.34. The predicted molar refractivity (Wildman–Crippen MR) is 73.2 cm³/mol. The molecule has 17 heavy (non-hydrogen) atoms. The first kappa shape index (κ1) is 14.2. The molecule has 0 spiro atoms. The average Bonchev–Trinajstić information content (AvgIpc) is 2.47. The molecule has 0 aliphatic carbocycles. The highest BCUT2D eigenvalue weighted by Crippen LogP contribution is 2.24. The van der Waals surface area contributed by atoms with Crippen molar-refractivity contribution in [3.63, 3.8) is 0 Å². The molecule has 0 aliphatic heterocycles. The van der Waals surface area contributed by atoms with Gasteiger partial charge in [-0.1, -0.05) is 0 Å². The minimum Gasteiger partial charge on any atom is -0.292 e. The van der Waals surface area contributed by atoms with E-state index in [0.717, 1.165) is 13.1 Å². The van der Waals surface area contributed by atoms with Crippen molar-refractivity contribution in [3.05, 3.63) is 18.0 Å². The Bertz CT molecular complexity index is 338. The van der Waals surface area contributed by atoms with Gasteiger partial charge in [0.1, 0.15) is 0 Å². The van der Waals surface area contributed by atoms with Crippen LogP contribution in [0.15, 0.2) is 12.3 Å². The molecule has 0 aliphatic rings. The molecule has 0 amide bonds. The summed E-state index contributed by atoms with van der Waals surface area (Å²) in [7, 11) is 0. The van der Waals surface area contributed by atoms with E-state index in [-0.39, 0.29) is 11.1 Å². The van der Waals surface area contributed by atoms with Crippen LogP contribution in [0.25, 0.3) is 0 Å². The van der Waals surface area contributed by atoms with Crippen LogP contribution in [0.2, 0.25) is 0 Å². The quantitative estimate of drug-likeness (QED) is 0.805. The summed E-state index contributed by atoms with van der Waals surface area (Å²) in [6, 6.07) is 2.05. The van der Waals surface area contributed by atoms with Gasteiger partial charge >= 0.3 is 0 Å². The van der Waals surface area contributed by atoms with Crippen LogP contribution >= 0.6 is 0 Å². The second kappa shape index (κ2) is 4.81. The smallest absolute Gasteiger partial charge is 0.0539 e. The van der Waals surface area contributed by atoms with Gasteiger partial charge in [0.05, 0.1) is 6.54 Å². The highest BCUT2D eigenvalue weighted by atomic mass is 15.3. The third-order valence-electron chi connectivity index (χ3n) is 3.08. The lowest BCUT2D eigenvalue weighted by Gasteiger charge is -2.45. The SMILES string of the molecule is Cc1ccnn1CCN(C(C)(C)C)C(C)(C)C. The molecule has 0 radical (unpaired) electrons. The van der Waals surface area contributed by atoms with E-state index in [1.165, 1.54) is 5.69 Å². The fraction of sp³-hybridized carbons (Fsp3) is 0.786. The zero-order valence-corrected chi connectivity index (χ0v) is 12.4. The number of hydrogen-bond acceptors (Lipinski definition) is 2. The summed E-state index contributed by atoms with van der Waals surface area (Å²) >= 11 is 0. The number of rotatable bonds is 3. The fourth-order valence-corrected chi connectivity index (χ4v) is 2.50. The zero-order chi connectivity index (χ0) is 13.3. The van der Waals surface area contributed by atoms with Gasteiger partial charge in [0.15, 0.2) is 0 Å². The van der Waals surface area contributed by atoms with Crippen LogP contribution in [0, 0.1) is 6.92 Å². The second-order valence-corrected chi connectivity index (χ2v) is 6.69. The molecule has 0 unspecified atom stereocenters. The number of aromatic nitrogens is 2. The van der Waals surface area contributed by atoms with Crippen LogP contribution < -0.4 is 0 Å². The van der Waals surface area contributed by atoms with Gasteiger partial charge in [-0.2, -0.15) is 5.10 Å². The van der Waals surface area contributed by atoms with Gasteiger partial charge in [0.25, 0.3) is 0 Å². The molecule has 0 saturated carbocycles. The van der Waals surface area contributed by atoms with E-state index in [0.29, 0.717) is 0 Å². The number of aryl methyl sites for hydroxylation is 1. The minimum atomic E-state index is 0.180. The Hall–Kier alpha value is -0.830. The van der Waals surface area contributed by atoms with Crippen molar-refractivity contribution in [3.8, 4) is 0 Å². The van der Waals surface area contributed by atoms with Crippen LogP contribution in [0.1, 0.15) is 47.2 Å². The molecule has 98 valence electrons. The monoisotopic (exact) mass is 237 g/mol. The van der Waals surface area contributed by atoms with Gasteiger partial charge in [-0.3, -0.25) is 9.58 Å². The van der Waals surface area contributed by atoms with Gasteiger partial charge in [-0.25, -0.2) is 0 Å².